The summed E-state index contributed by atoms with van der Waals surface area (Å²) >= 11 is 1.42. The van der Waals surface area contributed by atoms with E-state index >= 15 is 0 Å². The number of rotatable bonds is 6. The number of sulfonamides is 1. The van der Waals surface area contributed by atoms with Gasteiger partial charge in [-0.15, -0.1) is 0 Å². The second kappa shape index (κ2) is 8.54. The predicted octanol–water partition coefficient (Wildman–Crippen LogP) is 3.79. The zero-order chi connectivity index (χ0) is 22.0. The van der Waals surface area contributed by atoms with E-state index in [0.29, 0.717) is 10.7 Å². The van der Waals surface area contributed by atoms with Gasteiger partial charge in [-0.2, -0.15) is 0 Å². The lowest BCUT2D eigenvalue weighted by molar-refractivity contribution is 0.0984. The summed E-state index contributed by atoms with van der Waals surface area (Å²) in [6, 6.07) is 19.2. The minimum atomic E-state index is -3.57. The van der Waals surface area contributed by atoms with Gasteiger partial charge >= 0.3 is 0 Å². The molecule has 0 radical (unpaired) electrons. The number of thiazole rings is 1. The van der Waals surface area contributed by atoms with E-state index in [-0.39, 0.29) is 17.3 Å². The summed E-state index contributed by atoms with van der Waals surface area (Å²) in [4.78, 5) is 24.1. The summed E-state index contributed by atoms with van der Waals surface area (Å²) in [6.07, 6.45) is 1.68. The summed E-state index contributed by atoms with van der Waals surface area (Å²) in [5.41, 5.74) is 1.91. The molecule has 4 rings (SSSR count). The maximum atomic E-state index is 13.4. The molecule has 2 aromatic heterocycles. The van der Waals surface area contributed by atoms with Crippen LogP contribution < -0.4 is 4.90 Å². The minimum absolute atomic E-state index is 0.130. The van der Waals surface area contributed by atoms with Crippen LogP contribution in [0.25, 0.3) is 10.2 Å². The first-order chi connectivity index (χ1) is 14.9. The quantitative estimate of drug-likeness (QED) is 0.444. The molecule has 0 aliphatic carbocycles. The number of carbonyl (C=O) groups is 1. The van der Waals surface area contributed by atoms with Crippen LogP contribution in [0.1, 0.15) is 16.1 Å². The van der Waals surface area contributed by atoms with Gasteiger partial charge in [0.15, 0.2) is 5.13 Å². The number of hydrogen-bond donors (Lipinski definition) is 0. The summed E-state index contributed by atoms with van der Waals surface area (Å²) in [7, 11) is -0.633. The molecule has 0 unspecified atom stereocenters. The number of fused-ring (bicyclic) bond motifs is 1. The predicted molar refractivity (Wildman–Crippen MR) is 122 cm³/mol. The number of aromatic nitrogens is 2. The zero-order valence-electron chi connectivity index (χ0n) is 17.0. The molecule has 0 atom stereocenters. The first-order valence-electron chi connectivity index (χ1n) is 9.46. The van der Waals surface area contributed by atoms with E-state index in [4.69, 9.17) is 0 Å². The fourth-order valence-electron chi connectivity index (χ4n) is 2.99. The van der Waals surface area contributed by atoms with Crippen LogP contribution in [0.5, 0.6) is 0 Å². The molecular formula is C22H20N4O3S2. The molecule has 0 saturated carbocycles. The number of para-hydroxylation sites is 1. The van der Waals surface area contributed by atoms with Crippen LogP contribution in [0, 0.1) is 0 Å². The Morgan fingerprint density at radius 1 is 0.968 bits per heavy atom. The molecule has 158 valence electrons. The number of anilines is 1. The molecule has 0 aliphatic rings. The maximum Gasteiger partial charge on any atom is 0.260 e. The van der Waals surface area contributed by atoms with Gasteiger partial charge in [0, 0.05) is 25.9 Å². The topological polar surface area (TPSA) is 83.5 Å². The van der Waals surface area contributed by atoms with Crippen LogP contribution in [0.15, 0.2) is 77.8 Å². The van der Waals surface area contributed by atoms with Crippen molar-refractivity contribution < 1.29 is 13.2 Å². The van der Waals surface area contributed by atoms with Gasteiger partial charge in [-0.25, -0.2) is 17.7 Å². The summed E-state index contributed by atoms with van der Waals surface area (Å²) < 4.78 is 26.8. The average Bonchev–Trinajstić information content (AvgIpc) is 3.21. The first kappa shape index (κ1) is 21.1. The summed E-state index contributed by atoms with van der Waals surface area (Å²) in [6.45, 7) is 0.247. The second-order valence-corrected chi connectivity index (χ2v) is 10.1. The Hall–Kier alpha value is -3.14. The summed E-state index contributed by atoms with van der Waals surface area (Å²) in [5.74, 6) is -0.279. The summed E-state index contributed by atoms with van der Waals surface area (Å²) in [5, 5.41) is 0.557. The third kappa shape index (κ3) is 4.34. The van der Waals surface area contributed by atoms with Gasteiger partial charge in [0.05, 0.1) is 27.4 Å². The molecule has 31 heavy (non-hydrogen) atoms. The average molecular weight is 453 g/mol. The number of hydrogen-bond acceptors (Lipinski definition) is 6. The Morgan fingerprint density at radius 2 is 1.68 bits per heavy atom. The number of amides is 1. The Labute approximate surface area is 184 Å². The van der Waals surface area contributed by atoms with Crippen molar-refractivity contribution in [1.82, 2.24) is 14.3 Å². The molecule has 7 nitrogen and oxygen atoms in total. The van der Waals surface area contributed by atoms with Crippen molar-refractivity contribution in [3.8, 4) is 0 Å². The first-order valence-corrected chi connectivity index (χ1v) is 11.7. The molecule has 2 aromatic carbocycles. The van der Waals surface area contributed by atoms with Crippen LogP contribution in [0.4, 0.5) is 5.13 Å². The minimum Gasteiger partial charge on any atom is -0.278 e. The van der Waals surface area contributed by atoms with Crippen LogP contribution in [-0.4, -0.2) is 42.7 Å². The molecule has 4 aromatic rings. The number of carbonyl (C=O) groups excluding carboxylic acids is 1. The smallest absolute Gasteiger partial charge is 0.260 e. The third-order valence-electron chi connectivity index (χ3n) is 4.68. The van der Waals surface area contributed by atoms with Crippen molar-refractivity contribution in [2.45, 2.75) is 11.4 Å². The highest BCUT2D eigenvalue weighted by molar-refractivity contribution is 7.89. The molecule has 0 aliphatic heterocycles. The highest BCUT2D eigenvalue weighted by Gasteiger charge is 2.23. The maximum absolute atomic E-state index is 13.4. The molecule has 2 heterocycles. The lowest BCUT2D eigenvalue weighted by Crippen LogP contribution is -2.30. The van der Waals surface area contributed by atoms with Crippen LogP contribution in [0.2, 0.25) is 0 Å². The fourth-order valence-corrected chi connectivity index (χ4v) is 4.86. The molecule has 1 amide bonds. The van der Waals surface area contributed by atoms with Crippen LogP contribution in [0.3, 0.4) is 0 Å². The fraction of sp³-hybridized carbons (Fsp3) is 0.136. The SMILES string of the molecule is CN(C)S(=O)(=O)c1ccc(C(=O)N(Cc2ccccn2)c2nc3ccccc3s2)cc1. The van der Waals surface area contributed by atoms with E-state index in [0.717, 1.165) is 20.2 Å². The Balaban J connectivity index is 1.71. The van der Waals surface area contributed by atoms with Gasteiger partial charge in [0.1, 0.15) is 0 Å². The highest BCUT2D eigenvalue weighted by Crippen LogP contribution is 2.30. The van der Waals surface area contributed by atoms with Gasteiger partial charge in [-0.1, -0.05) is 29.5 Å². The third-order valence-corrected chi connectivity index (χ3v) is 7.57. The molecule has 9 heteroatoms. The largest absolute Gasteiger partial charge is 0.278 e. The molecule has 0 spiro atoms. The van der Waals surface area contributed by atoms with Crippen molar-refractivity contribution in [3.05, 3.63) is 84.2 Å². The van der Waals surface area contributed by atoms with E-state index in [1.165, 1.54) is 49.7 Å². The van der Waals surface area contributed by atoms with Crippen molar-refractivity contribution in [1.29, 1.82) is 0 Å². The van der Waals surface area contributed by atoms with Gasteiger partial charge in [-0.05, 0) is 48.5 Å². The Morgan fingerprint density at radius 3 is 2.32 bits per heavy atom. The molecule has 0 N–H and O–H groups in total. The van der Waals surface area contributed by atoms with E-state index < -0.39 is 10.0 Å². The van der Waals surface area contributed by atoms with Crippen molar-refractivity contribution in [2.75, 3.05) is 19.0 Å². The zero-order valence-corrected chi connectivity index (χ0v) is 18.6. The van der Waals surface area contributed by atoms with Crippen molar-refractivity contribution in [3.63, 3.8) is 0 Å². The molecular weight excluding hydrogens is 432 g/mol. The normalized spacial score (nSPS) is 11.7. The molecule has 0 bridgehead atoms. The van der Waals surface area contributed by atoms with Gasteiger partial charge in [0.25, 0.3) is 5.91 Å². The number of benzene rings is 2. The van der Waals surface area contributed by atoms with E-state index in [2.05, 4.69) is 9.97 Å². The standard InChI is InChI=1S/C22H20N4O3S2/c1-25(2)31(28,29)18-12-10-16(11-13-18)21(27)26(15-17-7-5-6-14-23-17)22-24-19-8-3-4-9-20(19)30-22/h3-14H,15H2,1-2H3. The van der Waals surface area contributed by atoms with E-state index in [1.54, 1.807) is 11.1 Å². The van der Waals surface area contributed by atoms with E-state index in [1.807, 2.05) is 42.5 Å². The second-order valence-electron chi connectivity index (χ2n) is 6.99. The van der Waals surface area contributed by atoms with Gasteiger partial charge in [-0.3, -0.25) is 14.7 Å². The van der Waals surface area contributed by atoms with Crippen molar-refractivity contribution in [2.24, 2.45) is 0 Å². The Kier molecular flexibility index (Phi) is 5.81. The number of pyridine rings is 1. The van der Waals surface area contributed by atoms with Gasteiger partial charge < -0.3 is 0 Å². The van der Waals surface area contributed by atoms with Gasteiger partial charge in [0.2, 0.25) is 10.0 Å². The number of nitrogens with zero attached hydrogens (tertiary/aromatic N) is 4. The van der Waals surface area contributed by atoms with E-state index in [9.17, 15) is 13.2 Å². The molecule has 0 saturated heterocycles. The van der Waals surface area contributed by atoms with Crippen LogP contribution >= 0.6 is 11.3 Å². The monoisotopic (exact) mass is 452 g/mol. The molecule has 0 fully saturated rings. The van der Waals surface area contributed by atoms with Crippen LogP contribution in [-0.2, 0) is 16.6 Å². The Bertz CT molecular complexity index is 1280. The lowest BCUT2D eigenvalue weighted by atomic mass is 10.2. The lowest BCUT2D eigenvalue weighted by Gasteiger charge is -2.20. The highest BCUT2D eigenvalue weighted by atomic mass is 32.2. The van der Waals surface area contributed by atoms with Crippen molar-refractivity contribution >= 4 is 42.6 Å².